The molecule has 9 heteroatoms. The molecule has 0 saturated carbocycles. The van der Waals surface area contributed by atoms with Crippen LogP contribution >= 0.6 is 11.3 Å². The molecular formula is C19H24N4O4S. The topological polar surface area (TPSA) is 93.5 Å². The van der Waals surface area contributed by atoms with E-state index in [1.807, 2.05) is 20.8 Å². The molecule has 0 atom stereocenters. The van der Waals surface area contributed by atoms with Crippen molar-refractivity contribution in [1.29, 1.82) is 0 Å². The number of anilines is 1. The summed E-state index contributed by atoms with van der Waals surface area (Å²) in [5.41, 5.74) is 2.39. The second-order valence-electron chi connectivity index (χ2n) is 7.05. The van der Waals surface area contributed by atoms with Crippen LogP contribution in [0.4, 0.5) is 5.00 Å². The standard InChI is InChI=1S/C19H24N4O4S/c1-10(2)23-11(3)8-14(21-23)17(25)20-18-16(19(26)27-5)13-6-7-22(12(4)24)9-15(13)28-18/h8,10H,6-7,9H2,1-5H3,(H,20,25). The highest BCUT2D eigenvalue weighted by Crippen LogP contribution is 2.37. The van der Waals surface area contributed by atoms with E-state index in [0.717, 1.165) is 16.1 Å². The molecule has 1 aliphatic rings. The Morgan fingerprint density at radius 2 is 2.04 bits per heavy atom. The van der Waals surface area contributed by atoms with Crippen molar-refractivity contribution in [3.63, 3.8) is 0 Å². The lowest BCUT2D eigenvalue weighted by atomic mass is 10.0. The number of rotatable bonds is 4. The second-order valence-corrected chi connectivity index (χ2v) is 8.16. The number of carbonyl (C=O) groups excluding carboxylic acids is 3. The molecule has 0 saturated heterocycles. The number of nitrogens with one attached hydrogen (secondary N) is 1. The number of aromatic nitrogens is 2. The van der Waals surface area contributed by atoms with Gasteiger partial charge in [0, 0.05) is 30.1 Å². The average molecular weight is 404 g/mol. The highest BCUT2D eigenvalue weighted by Gasteiger charge is 2.30. The summed E-state index contributed by atoms with van der Waals surface area (Å²) in [6.07, 6.45) is 0.548. The number of hydrogen-bond donors (Lipinski definition) is 1. The number of nitrogens with zero attached hydrogens (tertiary/aromatic N) is 3. The molecule has 3 heterocycles. The number of thiophene rings is 1. The zero-order valence-electron chi connectivity index (χ0n) is 16.7. The minimum Gasteiger partial charge on any atom is -0.465 e. The van der Waals surface area contributed by atoms with Gasteiger partial charge in [-0.25, -0.2) is 4.79 Å². The smallest absolute Gasteiger partial charge is 0.341 e. The van der Waals surface area contributed by atoms with Crippen LogP contribution in [0, 0.1) is 6.92 Å². The molecule has 2 aromatic heterocycles. The molecule has 1 N–H and O–H groups in total. The van der Waals surface area contributed by atoms with E-state index in [-0.39, 0.29) is 17.9 Å². The number of ether oxygens (including phenoxy) is 1. The summed E-state index contributed by atoms with van der Waals surface area (Å²) in [4.78, 5) is 39.4. The Balaban J connectivity index is 1.93. The molecule has 0 radical (unpaired) electrons. The van der Waals surface area contributed by atoms with Gasteiger partial charge in [-0.3, -0.25) is 14.3 Å². The third-order valence-electron chi connectivity index (χ3n) is 4.76. The normalized spacial score (nSPS) is 13.4. The minimum atomic E-state index is -0.493. The number of carbonyl (C=O) groups is 3. The van der Waals surface area contributed by atoms with Crippen molar-refractivity contribution in [2.45, 2.75) is 46.7 Å². The van der Waals surface area contributed by atoms with Crippen molar-refractivity contribution >= 4 is 34.1 Å². The van der Waals surface area contributed by atoms with Crippen LogP contribution in [0.2, 0.25) is 0 Å². The molecule has 2 amide bonds. The van der Waals surface area contributed by atoms with Gasteiger partial charge in [-0.15, -0.1) is 11.3 Å². The fourth-order valence-corrected chi connectivity index (χ4v) is 4.61. The SMILES string of the molecule is COC(=O)c1c(NC(=O)c2cc(C)n(C(C)C)n2)sc2c1CCN(C(C)=O)C2. The van der Waals surface area contributed by atoms with Crippen molar-refractivity contribution < 1.29 is 19.1 Å². The Labute approximate surface area is 167 Å². The van der Waals surface area contributed by atoms with Gasteiger partial charge in [0.05, 0.1) is 19.2 Å². The molecule has 0 spiro atoms. The first-order valence-corrected chi connectivity index (χ1v) is 9.90. The third-order valence-corrected chi connectivity index (χ3v) is 5.90. The predicted molar refractivity (Wildman–Crippen MR) is 106 cm³/mol. The highest BCUT2D eigenvalue weighted by molar-refractivity contribution is 7.17. The molecule has 28 heavy (non-hydrogen) atoms. The van der Waals surface area contributed by atoms with Crippen molar-refractivity contribution in [3.8, 4) is 0 Å². The van der Waals surface area contributed by atoms with Gasteiger partial charge in [-0.05, 0) is 38.8 Å². The van der Waals surface area contributed by atoms with Gasteiger partial charge >= 0.3 is 5.97 Å². The number of amides is 2. The van der Waals surface area contributed by atoms with E-state index in [0.29, 0.717) is 35.8 Å². The highest BCUT2D eigenvalue weighted by atomic mass is 32.1. The summed E-state index contributed by atoms with van der Waals surface area (Å²) in [5, 5.41) is 7.61. The van der Waals surface area contributed by atoms with Crippen LogP contribution in [0.1, 0.15) is 63.8 Å². The van der Waals surface area contributed by atoms with Gasteiger partial charge in [0.25, 0.3) is 5.91 Å². The van der Waals surface area contributed by atoms with Crippen LogP contribution in [0.15, 0.2) is 6.07 Å². The summed E-state index contributed by atoms with van der Waals surface area (Å²) in [5.74, 6) is -0.887. The van der Waals surface area contributed by atoms with E-state index in [1.54, 1.807) is 15.6 Å². The van der Waals surface area contributed by atoms with Crippen molar-refractivity contribution in [3.05, 3.63) is 33.5 Å². The molecule has 0 aliphatic carbocycles. The first-order chi connectivity index (χ1) is 13.2. The number of esters is 1. The maximum absolute atomic E-state index is 12.8. The largest absolute Gasteiger partial charge is 0.465 e. The van der Waals surface area contributed by atoms with Crippen LogP contribution < -0.4 is 5.32 Å². The zero-order chi connectivity index (χ0) is 20.6. The van der Waals surface area contributed by atoms with Crippen molar-refractivity contribution in [2.24, 2.45) is 0 Å². The number of methoxy groups -OCH3 is 1. The third kappa shape index (κ3) is 3.66. The van der Waals surface area contributed by atoms with E-state index in [9.17, 15) is 14.4 Å². The summed E-state index contributed by atoms with van der Waals surface area (Å²) in [6, 6.07) is 1.86. The Morgan fingerprint density at radius 3 is 2.61 bits per heavy atom. The average Bonchev–Trinajstić information content (AvgIpc) is 3.20. The van der Waals surface area contributed by atoms with Gasteiger partial charge in [-0.2, -0.15) is 5.10 Å². The molecule has 0 aromatic carbocycles. The van der Waals surface area contributed by atoms with Crippen LogP contribution in [-0.4, -0.2) is 46.1 Å². The Hall–Kier alpha value is -2.68. The Kier molecular flexibility index (Phi) is 5.55. The van der Waals surface area contributed by atoms with Gasteiger partial charge in [0.1, 0.15) is 5.00 Å². The molecule has 8 nitrogen and oxygen atoms in total. The van der Waals surface area contributed by atoms with E-state index in [2.05, 4.69) is 10.4 Å². The van der Waals surface area contributed by atoms with Gasteiger partial charge in [-0.1, -0.05) is 0 Å². The maximum Gasteiger partial charge on any atom is 0.341 e. The molecule has 3 rings (SSSR count). The first kappa shape index (κ1) is 20.1. The molecule has 1 aliphatic heterocycles. The minimum absolute atomic E-state index is 0.0149. The van der Waals surface area contributed by atoms with Crippen molar-refractivity contribution in [1.82, 2.24) is 14.7 Å². The first-order valence-electron chi connectivity index (χ1n) is 9.08. The van der Waals surface area contributed by atoms with E-state index < -0.39 is 5.97 Å². The second kappa shape index (κ2) is 7.75. The van der Waals surface area contributed by atoms with Crippen LogP contribution in [0.25, 0.3) is 0 Å². The van der Waals surface area contributed by atoms with Gasteiger partial charge < -0.3 is 15.0 Å². The molecular weight excluding hydrogens is 380 g/mol. The van der Waals surface area contributed by atoms with Crippen LogP contribution in [-0.2, 0) is 22.5 Å². The summed E-state index contributed by atoms with van der Waals surface area (Å²) in [7, 11) is 1.32. The molecule has 0 fully saturated rings. The van der Waals surface area contributed by atoms with Gasteiger partial charge in [0.15, 0.2) is 5.69 Å². The molecule has 150 valence electrons. The summed E-state index contributed by atoms with van der Waals surface area (Å²) < 4.78 is 6.71. The Bertz CT molecular complexity index is 944. The lowest BCUT2D eigenvalue weighted by Crippen LogP contribution is -2.33. The van der Waals surface area contributed by atoms with E-state index >= 15 is 0 Å². The van der Waals surface area contributed by atoms with Crippen molar-refractivity contribution in [2.75, 3.05) is 19.0 Å². The fraction of sp³-hybridized carbons (Fsp3) is 0.474. The molecule has 0 bridgehead atoms. The Morgan fingerprint density at radius 1 is 1.32 bits per heavy atom. The monoisotopic (exact) mass is 404 g/mol. The number of fused-ring (bicyclic) bond motifs is 1. The lowest BCUT2D eigenvalue weighted by molar-refractivity contribution is -0.129. The predicted octanol–water partition coefficient (Wildman–Crippen LogP) is 2.78. The van der Waals surface area contributed by atoms with E-state index in [4.69, 9.17) is 4.74 Å². The van der Waals surface area contributed by atoms with Crippen LogP contribution in [0.5, 0.6) is 0 Å². The zero-order valence-corrected chi connectivity index (χ0v) is 17.5. The molecule has 0 unspecified atom stereocenters. The summed E-state index contributed by atoms with van der Waals surface area (Å²) in [6.45, 7) is 8.36. The number of hydrogen-bond acceptors (Lipinski definition) is 6. The lowest BCUT2D eigenvalue weighted by Gasteiger charge is -2.25. The fourth-order valence-electron chi connectivity index (χ4n) is 3.37. The quantitative estimate of drug-likeness (QED) is 0.791. The molecule has 2 aromatic rings. The van der Waals surface area contributed by atoms with E-state index in [1.165, 1.54) is 25.4 Å². The van der Waals surface area contributed by atoms with Crippen LogP contribution in [0.3, 0.4) is 0 Å². The van der Waals surface area contributed by atoms with Gasteiger partial charge in [0.2, 0.25) is 5.91 Å². The summed E-state index contributed by atoms with van der Waals surface area (Å²) >= 11 is 1.31. The number of aryl methyl sites for hydroxylation is 1. The maximum atomic E-state index is 12.8.